The van der Waals surface area contributed by atoms with E-state index in [0.29, 0.717) is 17.0 Å². The van der Waals surface area contributed by atoms with Gasteiger partial charge >= 0.3 is 0 Å². The summed E-state index contributed by atoms with van der Waals surface area (Å²) >= 11 is 8.03. The van der Waals surface area contributed by atoms with Gasteiger partial charge < -0.3 is 4.90 Å². The SMILES string of the molecule is CCC(CSC)N(C)c1cc(Cl)nc(-c2ccccc2)n1. The predicted molar refractivity (Wildman–Crippen MR) is 93.3 cm³/mol. The molecule has 1 aromatic carbocycles. The van der Waals surface area contributed by atoms with Crippen LogP contribution in [-0.2, 0) is 0 Å². The van der Waals surface area contributed by atoms with E-state index in [1.807, 2.05) is 48.2 Å². The molecule has 1 atom stereocenters. The van der Waals surface area contributed by atoms with Crippen molar-refractivity contribution in [1.29, 1.82) is 0 Å². The number of halogens is 1. The second-order valence-electron chi connectivity index (χ2n) is 4.87. The van der Waals surface area contributed by atoms with Crippen molar-refractivity contribution in [2.75, 3.05) is 24.0 Å². The quantitative estimate of drug-likeness (QED) is 0.739. The molecule has 0 spiro atoms. The molecule has 0 N–H and O–H groups in total. The van der Waals surface area contributed by atoms with Crippen molar-refractivity contribution >= 4 is 29.2 Å². The summed E-state index contributed by atoms with van der Waals surface area (Å²) in [5, 5.41) is 0.477. The van der Waals surface area contributed by atoms with E-state index < -0.39 is 0 Å². The van der Waals surface area contributed by atoms with Gasteiger partial charge in [-0.05, 0) is 12.7 Å². The average Bonchev–Trinajstić information content (AvgIpc) is 2.52. The van der Waals surface area contributed by atoms with Gasteiger partial charge in [0.05, 0.1) is 0 Å². The van der Waals surface area contributed by atoms with Gasteiger partial charge in [-0.15, -0.1) is 0 Å². The smallest absolute Gasteiger partial charge is 0.163 e. The highest BCUT2D eigenvalue weighted by molar-refractivity contribution is 7.98. The molecule has 5 heteroatoms. The van der Waals surface area contributed by atoms with Crippen molar-refractivity contribution in [3.63, 3.8) is 0 Å². The highest BCUT2D eigenvalue weighted by Gasteiger charge is 2.16. The van der Waals surface area contributed by atoms with Crippen LogP contribution in [0.2, 0.25) is 5.15 Å². The molecular weight excluding hydrogens is 302 g/mol. The fourth-order valence-corrected chi connectivity index (χ4v) is 3.21. The first-order chi connectivity index (χ1) is 10.2. The third-order valence-electron chi connectivity index (χ3n) is 3.45. The lowest BCUT2D eigenvalue weighted by molar-refractivity contribution is 0.665. The summed E-state index contributed by atoms with van der Waals surface area (Å²) < 4.78 is 0. The van der Waals surface area contributed by atoms with Gasteiger partial charge in [0.15, 0.2) is 5.82 Å². The Morgan fingerprint density at radius 3 is 2.57 bits per heavy atom. The summed E-state index contributed by atoms with van der Waals surface area (Å²) in [6, 6.07) is 12.2. The van der Waals surface area contributed by atoms with Crippen molar-refractivity contribution in [3.05, 3.63) is 41.6 Å². The van der Waals surface area contributed by atoms with E-state index in [4.69, 9.17) is 11.6 Å². The first-order valence-corrected chi connectivity index (χ1v) is 8.74. The van der Waals surface area contributed by atoms with E-state index in [9.17, 15) is 0 Å². The minimum Gasteiger partial charge on any atom is -0.356 e. The standard InChI is InChI=1S/C16H20ClN3S/c1-4-13(11-21-3)20(2)15-10-14(17)18-16(19-15)12-8-6-5-7-9-12/h5-10,13H,4,11H2,1-3H3. The van der Waals surface area contributed by atoms with E-state index in [1.54, 1.807) is 0 Å². The molecule has 21 heavy (non-hydrogen) atoms. The fraction of sp³-hybridized carbons (Fsp3) is 0.375. The van der Waals surface area contributed by atoms with Gasteiger partial charge in [0.2, 0.25) is 0 Å². The van der Waals surface area contributed by atoms with E-state index in [0.717, 1.165) is 23.6 Å². The lowest BCUT2D eigenvalue weighted by Gasteiger charge is -2.28. The van der Waals surface area contributed by atoms with Gasteiger partial charge in [-0.2, -0.15) is 11.8 Å². The van der Waals surface area contributed by atoms with Gasteiger partial charge in [0.1, 0.15) is 11.0 Å². The minimum atomic E-state index is 0.439. The fourth-order valence-electron chi connectivity index (χ4n) is 2.19. The van der Waals surface area contributed by atoms with Crippen molar-refractivity contribution in [2.45, 2.75) is 19.4 Å². The first-order valence-electron chi connectivity index (χ1n) is 6.97. The van der Waals surface area contributed by atoms with Crippen LogP contribution in [0.5, 0.6) is 0 Å². The Hall–Kier alpha value is -1.26. The highest BCUT2D eigenvalue weighted by Crippen LogP contribution is 2.24. The van der Waals surface area contributed by atoms with Gasteiger partial charge in [0.25, 0.3) is 0 Å². The molecule has 1 heterocycles. The van der Waals surface area contributed by atoms with Crippen LogP contribution < -0.4 is 4.90 Å². The number of thioether (sulfide) groups is 1. The number of aromatic nitrogens is 2. The molecule has 2 rings (SSSR count). The second-order valence-corrected chi connectivity index (χ2v) is 6.16. The van der Waals surface area contributed by atoms with Crippen LogP contribution in [0.1, 0.15) is 13.3 Å². The Morgan fingerprint density at radius 2 is 1.95 bits per heavy atom. The molecule has 0 amide bonds. The summed E-state index contributed by atoms with van der Waals surface area (Å²) in [7, 11) is 2.07. The van der Waals surface area contributed by atoms with Gasteiger partial charge in [-0.3, -0.25) is 0 Å². The Labute approximate surface area is 135 Å². The van der Waals surface area contributed by atoms with Crippen LogP contribution >= 0.6 is 23.4 Å². The molecule has 0 aliphatic heterocycles. The Kier molecular flexibility index (Phi) is 5.88. The maximum absolute atomic E-state index is 6.19. The molecule has 3 nitrogen and oxygen atoms in total. The molecule has 0 bridgehead atoms. The van der Waals surface area contributed by atoms with E-state index in [-0.39, 0.29) is 0 Å². The molecule has 0 saturated carbocycles. The normalized spacial score (nSPS) is 12.2. The Balaban J connectivity index is 2.35. The van der Waals surface area contributed by atoms with Crippen LogP contribution in [0, 0.1) is 0 Å². The lowest BCUT2D eigenvalue weighted by Crippen LogP contribution is -2.33. The van der Waals surface area contributed by atoms with Crippen molar-refractivity contribution < 1.29 is 0 Å². The zero-order valence-corrected chi connectivity index (χ0v) is 14.2. The van der Waals surface area contributed by atoms with Crippen LogP contribution in [-0.4, -0.2) is 35.1 Å². The summed E-state index contributed by atoms with van der Waals surface area (Å²) in [4.78, 5) is 11.2. The molecule has 0 saturated heterocycles. The number of rotatable bonds is 6. The molecule has 0 aliphatic rings. The summed E-state index contributed by atoms with van der Waals surface area (Å²) in [5.41, 5.74) is 0.979. The van der Waals surface area contributed by atoms with Crippen LogP contribution in [0.4, 0.5) is 5.82 Å². The molecule has 112 valence electrons. The monoisotopic (exact) mass is 321 g/mol. The van der Waals surface area contributed by atoms with Crippen molar-refractivity contribution in [3.8, 4) is 11.4 Å². The van der Waals surface area contributed by atoms with Crippen LogP contribution in [0.25, 0.3) is 11.4 Å². The van der Waals surface area contributed by atoms with Crippen molar-refractivity contribution in [2.24, 2.45) is 0 Å². The summed E-state index contributed by atoms with van der Waals surface area (Å²) in [5.74, 6) is 2.61. The first kappa shape index (κ1) is 16.1. The summed E-state index contributed by atoms with van der Waals surface area (Å²) in [6.45, 7) is 2.19. The number of hydrogen-bond donors (Lipinski definition) is 0. The molecular formula is C16H20ClN3S. The Morgan fingerprint density at radius 1 is 1.24 bits per heavy atom. The molecule has 1 unspecified atom stereocenters. The molecule has 2 aromatic rings. The van der Waals surface area contributed by atoms with Gasteiger partial charge in [0, 0.05) is 30.5 Å². The topological polar surface area (TPSA) is 29.0 Å². The number of anilines is 1. The van der Waals surface area contributed by atoms with E-state index in [2.05, 4.69) is 35.1 Å². The second kappa shape index (κ2) is 7.66. The molecule has 1 aromatic heterocycles. The Bertz CT molecular complexity index is 577. The predicted octanol–water partition coefficient (Wildman–Crippen LogP) is 4.37. The third kappa shape index (κ3) is 4.11. The van der Waals surface area contributed by atoms with E-state index >= 15 is 0 Å². The van der Waals surface area contributed by atoms with Crippen molar-refractivity contribution in [1.82, 2.24) is 9.97 Å². The number of benzene rings is 1. The third-order valence-corrected chi connectivity index (χ3v) is 4.36. The largest absolute Gasteiger partial charge is 0.356 e. The molecule has 0 aliphatic carbocycles. The van der Waals surface area contributed by atoms with Crippen LogP contribution in [0.15, 0.2) is 36.4 Å². The zero-order valence-electron chi connectivity index (χ0n) is 12.6. The minimum absolute atomic E-state index is 0.439. The maximum Gasteiger partial charge on any atom is 0.163 e. The lowest BCUT2D eigenvalue weighted by atomic mass is 10.2. The maximum atomic E-state index is 6.19. The molecule has 0 fully saturated rings. The number of hydrogen-bond acceptors (Lipinski definition) is 4. The average molecular weight is 322 g/mol. The van der Waals surface area contributed by atoms with Gasteiger partial charge in [-0.25, -0.2) is 9.97 Å². The van der Waals surface area contributed by atoms with E-state index in [1.165, 1.54) is 0 Å². The zero-order chi connectivity index (χ0) is 15.2. The highest BCUT2D eigenvalue weighted by atomic mass is 35.5. The molecule has 0 radical (unpaired) electrons. The van der Waals surface area contributed by atoms with Crippen LogP contribution in [0.3, 0.4) is 0 Å². The number of nitrogens with zero attached hydrogens (tertiary/aromatic N) is 3. The van der Waals surface area contributed by atoms with Gasteiger partial charge in [-0.1, -0.05) is 48.9 Å². The summed E-state index contributed by atoms with van der Waals surface area (Å²) in [6.07, 6.45) is 3.19.